The zero-order chi connectivity index (χ0) is 24.0. The Morgan fingerprint density at radius 3 is 2.44 bits per heavy atom. The second-order valence-corrected chi connectivity index (χ2v) is 11.7. The summed E-state index contributed by atoms with van der Waals surface area (Å²) in [5.74, 6) is -3.92. The smallest absolute Gasteiger partial charge is 0.303 e. The highest BCUT2D eigenvalue weighted by Crippen LogP contribution is 2.73. The number of carbonyl (C=O) groups is 3. The van der Waals surface area contributed by atoms with Crippen molar-refractivity contribution in [2.75, 3.05) is 0 Å². The molecule has 0 N–H and O–H groups in total. The zero-order valence-electron chi connectivity index (χ0n) is 18.3. The molecule has 0 radical (unpaired) electrons. The summed E-state index contributed by atoms with van der Waals surface area (Å²) in [6.45, 7) is 6.49. The summed E-state index contributed by atoms with van der Waals surface area (Å²) >= 11 is 18.4. The Labute approximate surface area is 201 Å². The average molecular weight is 507 g/mol. The lowest BCUT2D eigenvalue weighted by molar-refractivity contribution is -0.187. The van der Waals surface area contributed by atoms with E-state index in [0.29, 0.717) is 6.42 Å². The maximum Gasteiger partial charge on any atom is 0.303 e. The summed E-state index contributed by atoms with van der Waals surface area (Å²) in [7, 11) is 0. The number of carbonyl (C=O) groups excluding carboxylic acids is 3. The third kappa shape index (κ3) is 2.65. The Morgan fingerprint density at radius 1 is 1.25 bits per heavy atom. The highest BCUT2D eigenvalue weighted by molar-refractivity contribution is 7.96. The second kappa shape index (κ2) is 7.29. The van der Waals surface area contributed by atoms with Gasteiger partial charge in [-0.2, -0.15) is 0 Å². The molecule has 4 aliphatic rings. The van der Waals surface area contributed by atoms with E-state index in [0.717, 1.165) is 6.08 Å². The van der Waals surface area contributed by atoms with E-state index >= 15 is 4.39 Å². The molecule has 3 saturated carbocycles. The van der Waals surface area contributed by atoms with Crippen molar-refractivity contribution >= 4 is 52.7 Å². The first kappa shape index (κ1) is 24.2. The molecule has 0 aliphatic heterocycles. The molecule has 4 aliphatic carbocycles. The standard InChI is InChI=1S/C23H26Cl2F2O4S/c1-10-7-12-13-8-14(26)17-18(27)15(29)5-6-20(17,3)22(13,25)16(24)9-21(12,4)23(10,19(30)32)31-11(2)28/h5-6,10,12-14,16H,7-9H2,1-4H3,(H,30,32)/t10-,12+,13+,14+,16+,20+,21+,22+,23+/m1/s1. The largest absolute Gasteiger partial charge is 0.449 e. The molecule has 9 atom stereocenters. The Balaban J connectivity index is 1.91. The van der Waals surface area contributed by atoms with E-state index in [-0.39, 0.29) is 24.3 Å². The van der Waals surface area contributed by atoms with Gasteiger partial charge in [0.05, 0.1) is 10.3 Å². The van der Waals surface area contributed by atoms with Crippen LogP contribution < -0.4 is 0 Å². The third-order valence-corrected chi connectivity index (χ3v) is 10.7. The maximum absolute atomic E-state index is 15.5. The van der Waals surface area contributed by atoms with Crippen LogP contribution in [0.25, 0.3) is 0 Å². The van der Waals surface area contributed by atoms with E-state index in [1.807, 2.05) is 6.92 Å². The van der Waals surface area contributed by atoms with Crippen molar-refractivity contribution in [3.05, 3.63) is 23.6 Å². The van der Waals surface area contributed by atoms with Gasteiger partial charge in [-0.25, -0.2) is 8.78 Å². The average Bonchev–Trinajstić information content (AvgIpc) is 2.89. The van der Waals surface area contributed by atoms with Gasteiger partial charge in [0, 0.05) is 29.2 Å². The van der Waals surface area contributed by atoms with Crippen molar-refractivity contribution < 1.29 is 27.9 Å². The van der Waals surface area contributed by atoms with Gasteiger partial charge in [0.25, 0.3) is 0 Å². The number of allylic oxidation sites excluding steroid dienone is 4. The SMILES string of the molecule is CC(=O)O[C@]1(C(=O)S)[C@H](C)C[C@H]2[C@@H]3C[C@H](F)C4=C(F)C(=O)C=C[C@]4(C)[C@@]3(Cl)[C@@H](Cl)C[C@@]21C. The minimum Gasteiger partial charge on any atom is -0.449 e. The lowest BCUT2D eigenvalue weighted by atomic mass is 9.46. The molecule has 3 fully saturated rings. The fraction of sp³-hybridized carbons (Fsp3) is 0.696. The molecule has 0 spiro atoms. The minimum atomic E-state index is -1.73. The summed E-state index contributed by atoms with van der Waals surface area (Å²) in [5.41, 5.74) is -4.07. The molecule has 0 bridgehead atoms. The molecule has 0 saturated heterocycles. The van der Waals surface area contributed by atoms with Gasteiger partial charge in [0.1, 0.15) is 6.17 Å². The van der Waals surface area contributed by atoms with Crippen LogP contribution in [-0.4, -0.2) is 38.9 Å². The van der Waals surface area contributed by atoms with Crippen molar-refractivity contribution in [3.63, 3.8) is 0 Å². The first-order valence-corrected chi connectivity index (χ1v) is 12.0. The van der Waals surface area contributed by atoms with Crippen LogP contribution in [0.4, 0.5) is 8.78 Å². The predicted molar refractivity (Wildman–Crippen MR) is 120 cm³/mol. The van der Waals surface area contributed by atoms with Crippen LogP contribution in [-0.2, 0) is 19.1 Å². The van der Waals surface area contributed by atoms with Crippen LogP contribution in [0.5, 0.6) is 0 Å². The molecule has 9 heteroatoms. The van der Waals surface area contributed by atoms with E-state index in [4.69, 9.17) is 27.9 Å². The molecular formula is C23H26Cl2F2O4S. The van der Waals surface area contributed by atoms with Crippen molar-refractivity contribution in [1.29, 1.82) is 0 Å². The van der Waals surface area contributed by atoms with E-state index in [1.54, 1.807) is 13.8 Å². The van der Waals surface area contributed by atoms with Gasteiger partial charge >= 0.3 is 5.97 Å². The van der Waals surface area contributed by atoms with Crippen molar-refractivity contribution in [2.45, 2.75) is 69.0 Å². The third-order valence-electron chi connectivity index (χ3n) is 8.83. The first-order valence-electron chi connectivity index (χ1n) is 10.7. The van der Waals surface area contributed by atoms with Crippen LogP contribution in [0.2, 0.25) is 0 Å². The van der Waals surface area contributed by atoms with Crippen molar-refractivity contribution in [1.82, 2.24) is 0 Å². The number of ether oxygens (including phenoxy) is 1. The number of thiol groups is 1. The van der Waals surface area contributed by atoms with Crippen molar-refractivity contribution in [3.8, 4) is 0 Å². The van der Waals surface area contributed by atoms with E-state index in [2.05, 4.69) is 12.6 Å². The van der Waals surface area contributed by atoms with Crippen LogP contribution in [0.3, 0.4) is 0 Å². The summed E-state index contributed by atoms with van der Waals surface area (Å²) < 4.78 is 36.1. The molecule has 176 valence electrons. The van der Waals surface area contributed by atoms with Gasteiger partial charge in [-0.3, -0.25) is 14.4 Å². The molecule has 32 heavy (non-hydrogen) atoms. The van der Waals surface area contributed by atoms with Gasteiger partial charge in [-0.05, 0) is 37.2 Å². The van der Waals surface area contributed by atoms with Gasteiger partial charge in [-0.15, -0.1) is 35.8 Å². The predicted octanol–water partition coefficient (Wildman–Crippen LogP) is 5.12. The highest BCUT2D eigenvalue weighted by atomic mass is 35.5. The lowest BCUT2D eigenvalue weighted by Crippen LogP contribution is -2.69. The summed E-state index contributed by atoms with van der Waals surface area (Å²) in [4.78, 5) is 35.6. The molecule has 0 amide bonds. The minimum absolute atomic E-state index is 0.143. The molecule has 0 aromatic heterocycles. The zero-order valence-corrected chi connectivity index (χ0v) is 20.7. The van der Waals surface area contributed by atoms with Gasteiger partial charge < -0.3 is 4.74 Å². The van der Waals surface area contributed by atoms with Gasteiger partial charge in [-0.1, -0.05) is 26.8 Å². The normalized spacial score (nSPS) is 49.9. The number of esters is 1. The van der Waals surface area contributed by atoms with Crippen LogP contribution >= 0.6 is 35.8 Å². The van der Waals surface area contributed by atoms with Crippen molar-refractivity contribution in [2.24, 2.45) is 28.6 Å². The Morgan fingerprint density at radius 2 is 1.88 bits per heavy atom. The Kier molecular flexibility index (Phi) is 5.51. The molecular weight excluding hydrogens is 481 g/mol. The van der Waals surface area contributed by atoms with Crippen LogP contribution in [0, 0.1) is 28.6 Å². The highest BCUT2D eigenvalue weighted by Gasteiger charge is 2.77. The molecule has 0 unspecified atom stereocenters. The van der Waals surface area contributed by atoms with E-state index in [1.165, 1.54) is 13.0 Å². The van der Waals surface area contributed by atoms with Crippen LogP contribution in [0.15, 0.2) is 23.6 Å². The van der Waals surface area contributed by atoms with E-state index in [9.17, 15) is 18.8 Å². The number of halogens is 4. The summed E-state index contributed by atoms with van der Waals surface area (Å²) in [6, 6.07) is 0. The van der Waals surface area contributed by atoms with Crippen LogP contribution in [0.1, 0.15) is 47.0 Å². The number of ketones is 1. The van der Waals surface area contributed by atoms with Gasteiger partial charge in [0.15, 0.2) is 11.4 Å². The quantitative estimate of drug-likeness (QED) is 0.320. The monoisotopic (exact) mass is 506 g/mol. The number of fused-ring (bicyclic) bond motifs is 5. The summed E-state index contributed by atoms with van der Waals surface area (Å²) in [6.07, 6.45) is 1.29. The Hall–Kier alpha value is -0.920. The molecule has 4 nitrogen and oxygen atoms in total. The summed E-state index contributed by atoms with van der Waals surface area (Å²) in [5, 5.41) is -1.41. The topological polar surface area (TPSA) is 60.4 Å². The second-order valence-electron chi connectivity index (χ2n) is 10.2. The number of alkyl halides is 3. The number of hydrogen-bond acceptors (Lipinski definition) is 4. The van der Waals surface area contributed by atoms with E-state index < -0.39 is 67.4 Å². The lowest BCUT2D eigenvalue weighted by Gasteiger charge is -2.64. The maximum atomic E-state index is 15.5. The molecule has 0 aromatic rings. The fourth-order valence-corrected chi connectivity index (χ4v) is 9.21. The number of rotatable bonds is 2. The molecule has 0 aromatic carbocycles. The fourth-order valence-electron chi connectivity index (χ4n) is 7.50. The first-order chi connectivity index (χ1) is 14.7. The molecule has 0 heterocycles. The molecule has 4 rings (SSSR count). The number of hydrogen-bond donors (Lipinski definition) is 1. The van der Waals surface area contributed by atoms with Gasteiger partial charge in [0.2, 0.25) is 10.9 Å². The Bertz CT molecular complexity index is 985.